The molecule has 0 saturated heterocycles. The maximum Gasteiger partial charge on any atom is 0.356 e. The quantitative estimate of drug-likeness (QED) is 0.175. The van der Waals surface area contributed by atoms with Gasteiger partial charge >= 0.3 is 5.97 Å². The molecule has 0 radical (unpaired) electrons. The Hall–Kier alpha value is -4.79. The Morgan fingerprint density at radius 1 is 1.05 bits per heavy atom. The van der Waals surface area contributed by atoms with Crippen molar-refractivity contribution in [3.63, 3.8) is 0 Å². The van der Waals surface area contributed by atoms with Gasteiger partial charge in [0.05, 0.1) is 31.8 Å². The summed E-state index contributed by atoms with van der Waals surface area (Å²) in [6, 6.07) is 18.3. The molecule has 0 unspecified atom stereocenters. The Morgan fingerprint density at radius 3 is 2.56 bits per heavy atom. The van der Waals surface area contributed by atoms with Crippen LogP contribution in [0.2, 0.25) is 0 Å². The number of aryl methyl sites for hydroxylation is 3. The number of nitrogens with one attached hydrogen (secondary N) is 3. The third-order valence-electron chi connectivity index (χ3n) is 7.30. The first kappa shape index (κ1) is 27.8. The average molecular weight is 554 g/mol. The highest BCUT2D eigenvalue weighted by Crippen LogP contribution is 2.33. The number of rotatable bonds is 11. The highest BCUT2D eigenvalue weighted by molar-refractivity contribution is 6.11. The van der Waals surface area contributed by atoms with Gasteiger partial charge in [0.15, 0.2) is 5.69 Å². The van der Waals surface area contributed by atoms with Gasteiger partial charge in [-0.3, -0.25) is 4.79 Å². The molecule has 0 bridgehead atoms. The number of pyridine rings is 1. The van der Waals surface area contributed by atoms with E-state index in [4.69, 9.17) is 14.5 Å². The fourth-order valence-corrected chi connectivity index (χ4v) is 5.24. The molecule has 0 aliphatic rings. The maximum absolute atomic E-state index is 13.1. The van der Waals surface area contributed by atoms with Crippen LogP contribution in [0, 0.1) is 0 Å². The monoisotopic (exact) mass is 553 g/mol. The molecule has 41 heavy (non-hydrogen) atoms. The summed E-state index contributed by atoms with van der Waals surface area (Å²) in [6.07, 6.45) is 6.23. The molecule has 5 rings (SSSR count). The number of benzene rings is 2. The Balaban J connectivity index is 1.43. The van der Waals surface area contributed by atoms with Crippen molar-refractivity contribution in [1.82, 2.24) is 14.5 Å². The van der Waals surface area contributed by atoms with Crippen LogP contribution in [0.4, 0.5) is 11.4 Å². The number of fused-ring (bicyclic) bond motifs is 2. The number of H-pyrrole nitrogens is 1. The molecule has 0 aliphatic heterocycles. The first-order valence-corrected chi connectivity index (χ1v) is 13.7. The van der Waals surface area contributed by atoms with E-state index in [0.29, 0.717) is 29.7 Å². The van der Waals surface area contributed by atoms with Gasteiger partial charge in [-0.05, 0) is 61.6 Å². The van der Waals surface area contributed by atoms with E-state index in [9.17, 15) is 9.59 Å². The van der Waals surface area contributed by atoms with Crippen LogP contribution >= 0.6 is 0 Å². The second-order valence-electron chi connectivity index (χ2n) is 10.2. The van der Waals surface area contributed by atoms with E-state index in [1.807, 2.05) is 47.2 Å². The van der Waals surface area contributed by atoms with Crippen LogP contribution in [0.3, 0.4) is 0 Å². The van der Waals surface area contributed by atoms with Crippen molar-refractivity contribution in [2.75, 3.05) is 24.9 Å². The average Bonchev–Trinajstić information content (AvgIpc) is 3.53. The predicted molar refractivity (Wildman–Crippen MR) is 162 cm³/mol. The van der Waals surface area contributed by atoms with Crippen LogP contribution < -0.4 is 15.4 Å². The lowest BCUT2D eigenvalue weighted by molar-refractivity contribution is -0.114. The van der Waals surface area contributed by atoms with E-state index in [1.54, 1.807) is 13.3 Å². The zero-order valence-electron chi connectivity index (χ0n) is 23.8. The number of anilines is 2. The van der Waals surface area contributed by atoms with Gasteiger partial charge in [0.25, 0.3) is 0 Å². The van der Waals surface area contributed by atoms with Crippen molar-refractivity contribution in [1.29, 1.82) is 0 Å². The van der Waals surface area contributed by atoms with Gasteiger partial charge in [0.1, 0.15) is 11.4 Å². The molecule has 212 valence electrons. The smallest absolute Gasteiger partial charge is 0.356 e. The first-order chi connectivity index (χ1) is 19.9. The summed E-state index contributed by atoms with van der Waals surface area (Å²) >= 11 is 0. The summed E-state index contributed by atoms with van der Waals surface area (Å²) in [5, 5.41) is 8.20. The molecule has 0 spiro atoms. The summed E-state index contributed by atoms with van der Waals surface area (Å²) in [6.45, 7) is 4.02. The van der Waals surface area contributed by atoms with Crippen LogP contribution in [-0.2, 0) is 28.9 Å². The largest absolute Gasteiger partial charge is 0.497 e. The lowest BCUT2D eigenvalue weighted by atomic mass is 10.1. The molecule has 0 aliphatic carbocycles. The van der Waals surface area contributed by atoms with Crippen LogP contribution in [0.15, 0.2) is 67.0 Å². The molecule has 3 heterocycles. The van der Waals surface area contributed by atoms with Gasteiger partial charge in [-0.25, -0.2) is 9.78 Å². The summed E-state index contributed by atoms with van der Waals surface area (Å²) in [7, 11) is 3.00. The summed E-state index contributed by atoms with van der Waals surface area (Å²) in [5.74, 6) is 0.0269. The second-order valence-corrected chi connectivity index (χ2v) is 10.2. The van der Waals surface area contributed by atoms with Gasteiger partial charge in [-0.2, -0.15) is 0 Å². The highest BCUT2D eigenvalue weighted by Gasteiger charge is 2.26. The number of carbonyl (C=O) groups excluding carboxylic acids is 2. The van der Waals surface area contributed by atoms with E-state index in [1.165, 1.54) is 19.6 Å². The number of hydrogen-bond acceptors (Lipinski definition) is 6. The van der Waals surface area contributed by atoms with Gasteiger partial charge < -0.3 is 29.7 Å². The molecule has 2 aromatic carbocycles. The van der Waals surface area contributed by atoms with Crippen LogP contribution in [0.1, 0.15) is 41.9 Å². The number of methoxy groups -OCH3 is 2. The van der Waals surface area contributed by atoms with E-state index in [-0.39, 0.29) is 17.6 Å². The number of ether oxygens (including phenoxy) is 2. The molecule has 0 fully saturated rings. The molecule has 9 heteroatoms. The minimum absolute atomic E-state index is 0.157. The Kier molecular flexibility index (Phi) is 8.24. The topological polar surface area (TPSA) is 110 Å². The van der Waals surface area contributed by atoms with E-state index in [0.717, 1.165) is 40.7 Å². The van der Waals surface area contributed by atoms with Gasteiger partial charge in [-0.1, -0.05) is 30.3 Å². The van der Waals surface area contributed by atoms with Crippen LogP contribution in [-0.4, -0.2) is 46.7 Å². The minimum atomic E-state index is -0.534. The summed E-state index contributed by atoms with van der Waals surface area (Å²) in [5.41, 5.74) is 5.50. The molecule has 3 aromatic heterocycles. The Bertz CT molecular complexity index is 1690. The number of hydrogen-bond donors (Lipinski definition) is 3. The van der Waals surface area contributed by atoms with E-state index in [2.05, 4.69) is 40.7 Å². The minimum Gasteiger partial charge on any atom is -0.497 e. The highest BCUT2D eigenvalue weighted by atomic mass is 16.5. The molecular formula is C32H35N5O4. The lowest BCUT2D eigenvalue weighted by Crippen LogP contribution is -2.16. The molecule has 1 amide bonds. The van der Waals surface area contributed by atoms with Gasteiger partial charge in [0, 0.05) is 42.0 Å². The van der Waals surface area contributed by atoms with E-state index >= 15 is 0 Å². The van der Waals surface area contributed by atoms with Crippen molar-refractivity contribution in [3.8, 4) is 5.75 Å². The van der Waals surface area contributed by atoms with Crippen LogP contribution in [0.5, 0.6) is 5.75 Å². The Morgan fingerprint density at radius 2 is 1.83 bits per heavy atom. The standard InChI is InChI=1S/C32H35N5O4/c1-20(9-10-22-11-13-25(40-3)14-12-22)35-24-17-27-29(36-21(2)38)30(32(39)41-4)37(31(27)34-19-24)16-15-23-18-33-28-8-6-5-7-26(23)28/h5-8,11-14,17-20,33,35H,9-10,15-16H2,1-4H3,(H,36,38)/t20-/m0/s1. The van der Waals surface area contributed by atoms with Gasteiger partial charge in [0.2, 0.25) is 5.91 Å². The SMILES string of the molecule is COC(=O)c1c(NC(C)=O)c2cc(N[C@@H](C)CCc3ccc(OC)cc3)cnc2n1CCc1c[nH]c2ccccc12. The van der Waals surface area contributed by atoms with Crippen molar-refractivity contribution >= 4 is 45.2 Å². The number of aromatic amines is 1. The maximum atomic E-state index is 13.1. The molecule has 9 nitrogen and oxygen atoms in total. The number of amides is 1. The third kappa shape index (κ3) is 6.04. The first-order valence-electron chi connectivity index (χ1n) is 13.7. The summed E-state index contributed by atoms with van der Waals surface area (Å²) in [4.78, 5) is 33.3. The van der Waals surface area contributed by atoms with E-state index < -0.39 is 5.97 Å². The zero-order chi connectivity index (χ0) is 28.9. The fourth-order valence-electron chi connectivity index (χ4n) is 5.24. The molecule has 3 N–H and O–H groups in total. The predicted octanol–water partition coefficient (Wildman–Crippen LogP) is 5.95. The van der Waals surface area contributed by atoms with Gasteiger partial charge in [-0.15, -0.1) is 0 Å². The summed E-state index contributed by atoms with van der Waals surface area (Å²) < 4.78 is 12.2. The van der Waals surface area contributed by atoms with Crippen molar-refractivity contribution in [3.05, 3.63) is 83.8 Å². The fraction of sp³-hybridized carbons (Fsp3) is 0.281. The lowest BCUT2D eigenvalue weighted by Gasteiger charge is -2.15. The molecule has 0 saturated carbocycles. The molecule has 1 atom stereocenters. The number of para-hydroxylation sites is 1. The normalized spacial score (nSPS) is 11.9. The second kappa shape index (κ2) is 12.2. The van der Waals surface area contributed by atoms with Crippen molar-refractivity contribution in [2.45, 2.75) is 45.7 Å². The number of esters is 1. The number of carbonyl (C=O) groups is 2. The zero-order valence-corrected chi connectivity index (χ0v) is 23.8. The number of nitrogens with zero attached hydrogens (tertiary/aromatic N) is 2. The Labute approximate surface area is 238 Å². The third-order valence-corrected chi connectivity index (χ3v) is 7.30. The molecule has 5 aromatic rings. The van der Waals surface area contributed by atoms with Crippen molar-refractivity contribution in [2.24, 2.45) is 0 Å². The molecular weight excluding hydrogens is 518 g/mol. The number of aromatic nitrogens is 3. The van der Waals surface area contributed by atoms with Crippen LogP contribution in [0.25, 0.3) is 21.9 Å². The van der Waals surface area contributed by atoms with Crippen molar-refractivity contribution < 1.29 is 19.1 Å².